The fourth-order valence-corrected chi connectivity index (χ4v) is 2.96. The fourth-order valence-electron chi connectivity index (χ4n) is 2.96. The number of hydrogen-bond acceptors (Lipinski definition) is 2. The molecular formula is C20H19F3N2O. The van der Waals surface area contributed by atoms with Crippen molar-refractivity contribution in [2.24, 2.45) is 0 Å². The lowest BCUT2D eigenvalue weighted by Gasteiger charge is -2.22. The van der Waals surface area contributed by atoms with Gasteiger partial charge in [0.15, 0.2) is 0 Å². The summed E-state index contributed by atoms with van der Waals surface area (Å²) in [4.78, 5) is 14.2. The lowest BCUT2D eigenvalue weighted by atomic mass is 10.1. The summed E-state index contributed by atoms with van der Waals surface area (Å²) in [5.41, 5.74) is 0.871. The number of nitrogens with zero attached hydrogens (tertiary/aromatic N) is 1. The number of carbonyl (C=O) groups is 1. The van der Waals surface area contributed by atoms with Crippen LogP contribution in [0.4, 0.5) is 24.5 Å². The Kier molecular flexibility index (Phi) is 5.30. The van der Waals surface area contributed by atoms with Crippen LogP contribution in [0.3, 0.4) is 0 Å². The van der Waals surface area contributed by atoms with Gasteiger partial charge >= 0.3 is 6.18 Å². The molecule has 1 N–H and O–H groups in total. The molecule has 2 aromatic rings. The maximum absolute atomic E-state index is 13.0. The topological polar surface area (TPSA) is 32.3 Å². The minimum absolute atomic E-state index is 0.185. The van der Waals surface area contributed by atoms with Crippen molar-refractivity contribution < 1.29 is 18.0 Å². The monoisotopic (exact) mass is 360 g/mol. The summed E-state index contributed by atoms with van der Waals surface area (Å²) in [5, 5.41) is 2.60. The van der Waals surface area contributed by atoms with Crippen LogP contribution in [0, 0.1) is 0 Å². The third kappa shape index (κ3) is 4.45. The third-order valence-electron chi connectivity index (χ3n) is 4.26. The van der Waals surface area contributed by atoms with Gasteiger partial charge in [0.05, 0.1) is 16.9 Å². The summed E-state index contributed by atoms with van der Waals surface area (Å²) < 4.78 is 39.1. The van der Waals surface area contributed by atoms with E-state index in [4.69, 9.17) is 0 Å². The predicted octanol–water partition coefficient (Wildman–Crippen LogP) is 4.96. The van der Waals surface area contributed by atoms with E-state index in [-0.39, 0.29) is 5.69 Å². The van der Waals surface area contributed by atoms with Crippen LogP contribution >= 0.6 is 0 Å². The van der Waals surface area contributed by atoms with Crippen LogP contribution in [-0.2, 0) is 11.0 Å². The van der Waals surface area contributed by atoms with Gasteiger partial charge in [0.1, 0.15) is 0 Å². The first kappa shape index (κ1) is 18.0. The molecule has 0 radical (unpaired) electrons. The van der Waals surface area contributed by atoms with E-state index in [1.165, 1.54) is 12.1 Å². The molecule has 2 aromatic carbocycles. The van der Waals surface area contributed by atoms with E-state index in [1.807, 2.05) is 35.2 Å². The lowest BCUT2D eigenvalue weighted by molar-refractivity contribution is -0.137. The van der Waals surface area contributed by atoms with Crippen LogP contribution in [0.5, 0.6) is 0 Å². The summed E-state index contributed by atoms with van der Waals surface area (Å²) in [7, 11) is 0. The van der Waals surface area contributed by atoms with Crippen molar-refractivity contribution >= 4 is 23.4 Å². The minimum Gasteiger partial charge on any atom is -0.370 e. The molecule has 1 aliphatic rings. The Hall–Kier alpha value is -2.76. The number of carbonyl (C=O) groups excluding carboxylic acids is 1. The Balaban J connectivity index is 1.83. The Labute approximate surface area is 150 Å². The number of nitrogens with one attached hydrogen (secondary N) is 1. The zero-order chi connectivity index (χ0) is 18.6. The van der Waals surface area contributed by atoms with E-state index >= 15 is 0 Å². The van der Waals surface area contributed by atoms with Crippen LogP contribution in [0.25, 0.3) is 6.08 Å². The second-order valence-electron chi connectivity index (χ2n) is 6.16. The van der Waals surface area contributed by atoms with Crippen LogP contribution in [0.15, 0.2) is 54.6 Å². The van der Waals surface area contributed by atoms with E-state index in [0.717, 1.165) is 43.6 Å². The smallest absolute Gasteiger partial charge is 0.370 e. The van der Waals surface area contributed by atoms with Crippen LogP contribution in [0.1, 0.15) is 24.0 Å². The summed E-state index contributed by atoms with van der Waals surface area (Å²) >= 11 is 0. The van der Waals surface area contributed by atoms with Gasteiger partial charge in [-0.2, -0.15) is 13.2 Å². The standard InChI is InChI=1S/C20H19F3N2O/c21-20(22,23)16-9-10-18(25-12-4-5-13-25)17(14-16)24-19(26)11-8-15-6-2-1-3-7-15/h1-3,6-11,14H,4-5,12-13H2,(H,24,26)/b11-8-. The molecule has 0 spiro atoms. The molecule has 0 bridgehead atoms. The van der Waals surface area contributed by atoms with E-state index in [0.29, 0.717) is 5.69 Å². The molecule has 0 aliphatic carbocycles. The Bertz CT molecular complexity index is 794. The molecule has 1 saturated heterocycles. The highest BCUT2D eigenvalue weighted by Gasteiger charge is 2.31. The molecule has 3 rings (SSSR count). The van der Waals surface area contributed by atoms with Crippen molar-refractivity contribution in [3.05, 3.63) is 65.7 Å². The zero-order valence-electron chi connectivity index (χ0n) is 14.1. The number of halogens is 3. The van der Waals surface area contributed by atoms with Crippen LogP contribution in [0.2, 0.25) is 0 Å². The second kappa shape index (κ2) is 7.64. The van der Waals surface area contributed by atoms with Crippen LogP contribution < -0.4 is 10.2 Å². The summed E-state index contributed by atoms with van der Waals surface area (Å²) in [6, 6.07) is 12.7. The summed E-state index contributed by atoms with van der Waals surface area (Å²) in [6.45, 7) is 1.54. The van der Waals surface area contributed by atoms with E-state index < -0.39 is 17.6 Å². The van der Waals surface area contributed by atoms with Crippen molar-refractivity contribution in [3.63, 3.8) is 0 Å². The van der Waals surface area contributed by atoms with E-state index in [1.54, 1.807) is 6.08 Å². The van der Waals surface area contributed by atoms with Gasteiger partial charge in [0.25, 0.3) is 0 Å². The average Bonchev–Trinajstić information content (AvgIpc) is 3.14. The van der Waals surface area contributed by atoms with Crippen molar-refractivity contribution in [1.82, 2.24) is 0 Å². The van der Waals surface area contributed by atoms with Crippen molar-refractivity contribution in [2.45, 2.75) is 19.0 Å². The average molecular weight is 360 g/mol. The predicted molar refractivity (Wildman–Crippen MR) is 97.0 cm³/mol. The Morgan fingerprint density at radius 3 is 2.38 bits per heavy atom. The maximum Gasteiger partial charge on any atom is 0.416 e. The molecule has 136 valence electrons. The number of alkyl halides is 3. The second-order valence-corrected chi connectivity index (χ2v) is 6.16. The number of amides is 1. The first-order valence-electron chi connectivity index (χ1n) is 8.44. The molecule has 26 heavy (non-hydrogen) atoms. The fraction of sp³-hybridized carbons (Fsp3) is 0.250. The minimum atomic E-state index is -4.46. The number of rotatable bonds is 4. The van der Waals surface area contributed by atoms with Gasteiger partial charge in [0, 0.05) is 19.2 Å². The molecule has 1 aliphatic heterocycles. The molecule has 1 heterocycles. The van der Waals surface area contributed by atoms with E-state index in [9.17, 15) is 18.0 Å². The molecule has 6 heteroatoms. The van der Waals surface area contributed by atoms with Gasteiger partial charge in [-0.1, -0.05) is 30.3 Å². The Morgan fingerprint density at radius 2 is 1.73 bits per heavy atom. The molecule has 0 atom stereocenters. The van der Waals surface area contributed by atoms with E-state index in [2.05, 4.69) is 5.32 Å². The largest absolute Gasteiger partial charge is 0.416 e. The first-order valence-corrected chi connectivity index (χ1v) is 8.44. The highest BCUT2D eigenvalue weighted by Crippen LogP contribution is 2.36. The van der Waals surface area contributed by atoms with Crippen molar-refractivity contribution in [3.8, 4) is 0 Å². The summed E-state index contributed by atoms with van der Waals surface area (Å²) in [6.07, 6.45) is 0.468. The molecule has 0 aromatic heterocycles. The molecule has 1 amide bonds. The SMILES string of the molecule is O=C(/C=C\c1ccccc1)Nc1cc(C(F)(F)F)ccc1N1CCCC1. The van der Waals surface area contributed by atoms with Gasteiger partial charge in [-0.05, 0) is 42.7 Å². The lowest BCUT2D eigenvalue weighted by Crippen LogP contribution is -2.21. The number of benzene rings is 2. The first-order chi connectivity index (χ1) is 12.4. The van der Waals surface area contributed by atoms with Crippen molar-refractivity contribution in [2.75, 3.05) is 23.3 Å². The number of hydrogen-bond donors (Lipinski definition) is 1. The van der Waals surface area contributed by atoms with Gasteiger partial charge in [-0.15, -0.1) is 0 Å². The zero-order valence-corrected chi connectivity index (χ0v) is 14.1. The number of anilines is 2. The van der Waals surface area contributed by atoms with Gasteiger partial charge in [-0.25, -0.2) is 0 Å². The normalized spacial score (nSPS) is 14.8. The maximum atomic E-state index is 13.0. The molecule has 3 nitrogen and oxygen atoms in total. The van der Waals surface area contributed by atoms with Gasteiger partial charge in [0.2, 0.25) is 5.91 Å². The van der Waals surface area contributed by atoms with Gasteiger partial charge < -0.3 is 10.2 Å². The third-order valence-corrected chi connectivity index (χ3v) is 4.26. The van der Waals surface area contributed by atoms with Gasteiger partial charge in [-0.3, -0.25) is 4.79 Å². The van der Waals surface area contributed by atoms with Crippen molar-refractivity contribution in [1.29, 1.82) is 0 Å². The molecule has 0 unspecified atom stereocenters. The van der Waals surface area contributed by atoms with Crippen LogP contribution in [-0.4, -0.2) is 19.0 Å². The Morgan fingerprint density at radius 1 is 1.04 bits per heavy atom. The molecule has 1 fully saturated rings. The highest BCUT2D eigenvalue weighted by atomic mass is 19.4. The molecular weight excluding hydrogens is 341 g/mol. The molecule has 0 saturated carbocycles. The highest BCUT2D eigenvalue weighted by molar-refractivity contribution is 6.04. The summed E-state index contributed by atoms with van der Waals surface area (Å²) in [5.74, 6) is -0.464. The quantitative estimate of drug-likeness (QED) is 0.782.